The number of hydrogen-bond donors (Lipinski definition) is 0. The first-order chi connectivity index (χ1) is 11.0. The monoisotopic (exact) mass is 419 g/mol. The molecule has 3 rings (SSSR count). The summed E-state index contributed by atoms with van der Waals surface area (Å²) in [6.07, 6.45) is 0.603. The van der Waals surface area contributed by atoms with Gasteiger partial charge in [0.15, 0.2) is 0 Å². The number of para-hydroxylation sites is 1. The molecule has 2 amide bonds. The van der Waals surface area contributed by atoms with Crippen LogP contribution < -0.4 is 4.90 Å². The van der Waals surface area contributed by atoms with E-state index in [9.17, 15) is 9.59 Å². The van der Waals surface area contributed by atoms with Gasteiger partial charge in [-0.25, -0.2) is 4.90 Å². The van der Waals surface area contributed by atoms with Gasteiger partial charge in [-0.2, -0.15) is 0 Å². The first kappa shape index (κ1) is 16.2. The minimum absolute atomic E-state index is 0.0906. The smallest absolute Gasteiger partial charge is 0.238 e. The van der Waals surface area contributed by atoms with Gasteiger partial charge in [0.05, 0.1) is 11.6 Å². The van der Waals surface area contributed by atoms with E-state index < -0.39 is 0 Å². The van der Waals surface area contributed by atoms with Crippen LogP contribution >= 0.6 is 22.6 Å². The van der Waals surface area contributed by atoms with Gasteiger partial charge < -0.3 is 0 Å². The van der Waals surface area contributed by atoms with Crippen LogP contribution in [0.4, 0.5) is 5.69 Å². The largest absolute Gasteiger partial charge is 0.274 e. The highest BCUT2D eigenvalue weighted by molar-refractivity contribution is 14.1. The minimum Gasteiger partial charge on any atom is -0.274 e. The Morgan fingerprint density at radius 1 is 1.00 bits per heavy atom. The van der Waals surface area contributed by atoms with Gasteiger partial charge in [-0.3, -0.25) is 9.59 Å². The molecule has 1 fully saturated rings. The van der Waals surface area contributed by atoms with Gasteiger partial charge >= 0.3 is 0 Å². The Balaban J connectivity index is 1.89. The third kappa shape index (κ3) is 3.04. The van der Waals surface area contributed by atoms with Gasteiger partial charge in [0, 0.05) is 9.49 Å². The van der Waals surface area contributed by atoms with Crippen molar-refractivity contribution in [2.24, 2.45) is 11.8 Å². The number of rotatable bonds is 3. The van der Waals surface area contributed by atoms with E-state index in [-0.39, 0.29) is 23.7 Å². The molecule has 0 bridgehead atoms. The number of nitrogens with zero attached hydrogens (tertiary/aromatic N) is 1. The Bertz CT molecular complexity index is 754. The highest BCUT2D eigenvalue weighted by Gasteiger charge is 2.45. The molecule has 0 spiro atoms. The number of halogens is 1. The molecule has 4 heteroatoms. The molecule has 2 aromatic rings. The predicted molar refractivity (Wildman–Crippen MR) is 99.2 cm³/mol. The van der Waals surface area contributed by atoms with Crippen LogP contribution in [0, 0.1) is 22.3 Å². The third-order valence-corrected chi connectivity index (χ3v) is 5.33. The standard InChI is InChI=1S/C19H18INO2/c1-12-7-9-14(10-8-12)11-15-13(2)18(22)21(19(15)23)17-6-4-3-5-16(17)20/h3-10,13,15H,11H2,1-2H3. The van der Waals surface area contributed by atoms with Crippen LogP contribution in [0.1, 0.15) is 18.1 Å². The summed E-state index contributed by atoms with van der Waals surface area (Å²) in [4.78, 5) is 26.8. The number of imide groups is 1. The number of aryl methyl sites for hydroxylation is 1. The second kappa shape index (κ2) is 6.43. The van der Waals surface area contributed by atoms with Gasteiger partial charge in [0.2, 0.25) is 11.8 Å². The van der Waals surface area contributed by atoms with Crippen molar-refractivity contribution in [1.29, 1.82) is 0 Å². The summed E-state index contributed by atoms with van der Waals surface area (Å²) in [6.45, 7) is 3.89. The molecule has 1 aliphatic heterocycles. The highest BCUT2D eigenvalue weighted by atomic mass is 127. The zero-order valence-corrected chi connectivity index (χ0v) is 15.3. The third-order valence-electron chi connectivity index (χ3n) is 4.42. The number of anilines is 1. The predicted octanol–water partition coefficient (Wildman–Crippen LogP) is 3.97. The van der Waals surface area contributed by atoms with E-state index in [1.807, 2.05) is 62.4 Å². The van der Waals surface area contributed by atoms with Crippen LogP contribution in [-0.4, -0.2) is 11.8 Å². The van der Waals surface area contributed by atoms with E-state index in [1.54, 1.807) is 0 Å². The van der Waals surface area contributed by atoms with Gasteiger partial charge in [-0.15, -0.1) is 0 Å². The Hall–Kier alpha value is -1.69. The Kier molecular flexibility index (Phi) is 4.53. The molecule has 1 heterocycles. The maximum Gasteiger partial charge on any atom is 0.238 e. The SMILES string of the molecule is Cc1ccc(CC2C(=O)N(c3ccccc3I)C(=O)C2C)cc1. The minimum atomic E-state index is -0.292. The van der Waals surface area contributed by atoms with Crippen LogP contribution in [0.5, 0.6) is 0 Å². The van der Waals surface area contributed by atoms with Crippen molar-refractivity contribution in [1.82, 2.24) is 0 Å². The van der Waals surface area contributed by atoms with Gasteiger partial charge in [-0.05, 0) is 53.6 Å². The Labute approximate surface area is 149 Å². The van der Waals surface area contributed by atoms with Crippen molar-refractivity contribution < 1.29 is 9.59 Å². The number of carbonyl (C=O) groups excluding carboxylic acids is 2. The van der Waals surface area contributed by atoms with E-state index in [1.165, 1.54) is 10.5 Å². The van der Waals surface area contributed by atoms with Crippen LogP contribution in [-0.2, 0) is 16.0 Å². The molecule has 3 nitrogen and oxygen atoms in total. The van der Waals surface area contributed by atoms with E-state index in [4.69, 9.17) is 0 Å². The first-order valence-corrected chi connectivity index (χ1v) is 8.75. The van der Waals surface area contributed by atoms with Crippen LogP contribution in [0.3, 0.4) is 0 Å². The van der Waals surface area contributed by atoms with Crippen molar-refractivity contribution in [2.45, 2.75) is 20.3 Å². The molecule has 0 saturated carbocycles. The quantitative estimate of drug-likeness (QED) is 0.558. The topological polar surface area (TPSA) is 37.4 Å². The van der Waals surface area contributed by atoms with Crippen molar-refractivity contribution in [3.63, 3.8) is 0 Å². The lowest BCUT2D eigenvalue weighted by Crippen LogP contribution is -2.31. The molecule has 2 aromatic carbocycles. The Morgan fingerprint density at radius 3 is 2.30 bits per heavy atom. The van der Waals surface area contributed by atoms with Crippen molar-refractivity contribution >= 4 is 40.1 Å². The second-order valence-electron chi connectivity index (χ2n) is 6.05. The lowest BCUT2D eigenvalue weighted by molar-refractivity contribution is -0.122. The van der Waals surface area contributed by atoms with Gasteiger partial charge in [0.25, 0.3) is 0 Å². The molecular weight excluding hydrogens is 401 g/mol. The van der Waals surface area contributed by atoms with Crippen molar-refractivity contribution in [3.8, 4) is 0 Å². The lowest BCUT2D eigenvalue weighted by Gasteiger charge is -2.16. The fourth-order valence-corrected chi connectivity index (χ4v) is 3.61. The highest BCUT2D eigenvalue weighted by Crippen LogP contribution is 2.34. The number of carbonyl (C=O) groups is 2. The fourth-order valence-electron chi connectivity index (χ4n) is 2.98. The summed E-state index contributed by atoms with van der Waals surface area (Å²) in [6, 6.07) is 15.7. The molecule has 2 unspecified atom stereocenters. The van der Waals surface area contributed by atoms with E-state index in [0.29, 0.717) is 12.1 Å². The molecule has 1 aliphatic rings. The first-order valence-electron chi connectivity index (χ1n) is 7.67. The van der Waals surface area contributed by atoms with Crippen LogP contribution in [0.2, 0.25) is 0 Å². The summed E-state index contributed by atoms with van der Waals surface area (Å²) in [5.41, 5.74) is 2.98. The maximum atomic E-state index is 12.9. The fraction of sp³-hybridized carbons (Fsp3) is 0.263. The van der Waals surface area contributed by atoms with Crippen LogP contribution in [0.25, 0.3) is 0 Å². The Morgan fingerprint density at radius 2 is 1.65 bits per heavy atom. The van der Waals surface area contributed by atoms with Crippen molar-refractivity contribution in [2.75, 3.05) is 4.90 Å². The summed E-state index contributed by atoms with van der Waals surface area (Å²) < 4.78 is 0.912. The molecule has 1 saturated heterocycles. The summed E-state index contributed by atoms with van der Waals surface area (Å²) >= 11 is 2.17. The summed E-state index contributed by atoms with van der Waals surface area (Å²) in [5.74, 6) is -0.774. The molecule has 23 heavy (non-hydrogen) atoms. The van der Waals surface area contributed by atoms with Crippen molar-refractivity contribution in [3.05, 3.63) is 63.2 Å². The number of benzene rings is 2. The summed E-state index contributed by atoms with van der Waals surface area (Å²) in [5, 5.41) is 0. The number of amides is 2. The molecule has 0 N–H and O–H groups in total. The zero-order chi connectivity index (χ0) is 16.6. The second-order valence-corrected chi connectivity index (χ2v) is 7.21. The van der Waals surface area contributed by atoms with Gasteiger partial charge in [0.1, 0.15) is 0 Å². The van der Waals surface area contributed by atoms with E-state index >= 15 is 0 Å². The molecular formula is C19H18INO2. The average Bonchev–Trinajstić information content (AvgIpc) is 2.74. The molecule has 118 valence electrons. The van der Waals surface area contributed by atoms with Crippen LogP contribution in [0.15, 0.2) is 48.5 Å². The zero-order valence-electron chi connectivity index (χ0n) is 13.1. The molecule has 0 aromatic heterocycles. The van der Waals surface area contributed by atoms with E-state index in [2.05, 4.69) is 22.6 Å². The lowest BCUT2D eigenvalue weighted by atomic mass is 9.90. The van der Waals surface area contributed by atoms with E-state index in [0.717, 1.165) is 9.13 Å². The molecule has 2 atom stereocenters. The molecule has 0 radical (unpaired) electrons. The maximum absolute atomic E-state index is 12.9. The molecule has 0 aliphatic carbocycles. The average molecular weight is 419 g/mol. The number of hydrogen-bond acceptors (Lipinski definition) is 2. The summed E-state index contributed by atoms with van der Waals surface area (Å²) in [7, 11) is 0. The van der Waals surface area contributed by atoms with Gasteiger partial charge in [-0.1, -0.05) is 48.9 Å². The normalized spacial score (nSPS) is 21.1.